The molecule has 168 valence electrons. The molecule has 5 rings (SSSR count). The molecule has 0 unspecified atom stereocenters. The number of H-pyrrole nitrogens is 1. The van der Waals surface area contributed by atoms with Crippen molar-refractivity contribution in [2.24, 2.45) is 5.92 Å². The number of nitrogens with one attached hydrogen (secondary N) is 1. The number of fused-ring (bicyclic) bond motifs is 1. The molecule has 2 fully saturated rings. The first-order valence-electron chi connectivity index (χ1n) is 10.6. The number of hydrogen-bond acceptors (Lipinski definition) is 9. The Morgan fingerprint density at radius 2 is 1.97 bits per heavy atom. The summed E-state index contributed by atoms with van der Waals surface area (Å²) in [4.78, 5) is 18.8. The molecule has 12 heteroatoms. The van der Waals surface area contributed by atoms with E-state index in [9.17, 15) is 19.3 Å². The maximum Gasteiger partial charge on any atom is 0.321 e. The molecule has 3 aromatic heterocycles. The number of nitrogens with zero attached hydrogens (tertiary/aromatic N) is 8. The van der Waals surface area contributed by atoms with Crippen molar-refractivity contribution in [2.45, 2.75) is 37.0 Å². The maximum absolute atomic E-state index is 13.2. The van der Waals surface area contributed by atoms with Gasteiger partial charge in [0.2, 0.25) is 5.95 Å². The Labute approximate surface area is 187 Å². The number of pyridine rings is 1. The van der Waals surface area contributed by atoms with Crippen LogP contribution in [0.5, 0.6) is 6.01 Å². The summed E-state index contributed by atoms with van der Waals surface area (Å²) in [6, 6.07) is 7.38. The van der Waals surface area contributed by atoms with Gasteiger partial charge >= 0.3 is 6.01 Å². The maximum atomic E-state index is 13.2. The van der Waals surface area contributed by atoms with Crippen molar-refractivity contribution in [3.05, 3.63) is 29.8 Å². The Bertz CT molecular complexity index is 1240. The van der Waals surface area contributed by atoms with Crippen molar-refractivity contribution in [2.75, 3.05) is 24.6 Å². The van der Waals surface area contributed by atoms with Crippen molar-refractivity contribution in [1.29, 1.82) is 10.5 Å². The molecule has 1 N–H and O–H groups in total. The summed E-state index contributed by atoms with van der Waals surface area (Å²) in [6.07, 6.45) is 3.04. The lowest BCUT2D eigenvalue weighted by Crippen LogP contribution is -2.34. The first-order chi connectivity index (χ1) is 16.0. The third-order valence-electron chi connectivity index (χ3n) is 6.04. The fourth-order valence-electron chi connectivity index (χ4n) is 4.00. The molecule has 1 atom stereocenters. The zero-order valence-electron chi connectivity index (χ0n) is 17.4. The van der Waals surface area contributed by atoms with Gasteiger partial charge in [0, 0.05) is 37.0 Å². The van der Waals surface area contributed by atoms with E-state index in [0.29, 0.717) is 13.1 Å². The fourth-order valence-corrected chi connectivity index (χ4v) is 4.00. The van der Waals surface area contributed by atoms with Crippen molar-refractivity contribution >= 4 is 17.0 Å². The average Bonchev–Trinajstić information content (AvgIpc) is 3.24. The molecule has 0 spiro atoms. The van der Waals surface area contributed by atoms with E-state index < -0.39 is 17.8 Å². The lowest BCUT2D eigenvalue weighted by atomic mass is 9.92. The lowest BCUT2D eigenvalue weighted by molar-refractivity contribution is 0.0841. The number of rotatable bonds is 6. The quantitative estimate of drug-likeness (QED) is 0.599. The number of aromatic nitrogens is 6. The van der Waals surface area contributed by atoms with Crippen LogP contribution in [0.4, 0.5) is 14.7 Å². The third-order valence-corrected chi connectivity index (χ3v) is 6.04. The van der Waals surface area contributed by atoms with Crippen molar-refractivity contribution in [1.82, 2.24) is 30.1 Å². The largest absolute Gasteiger partial charge is 0.463 e. The third kappa shape index (κ3) is 4.12. The molecule has 10 nitrogen and oxygen atoms in total. The van der Waals surface area contributed by atoms with E-state index in [2.05, 4.69) is 30.1 Å². The summed E-state index contributed by atoms with van der Waals surface area (Å²) in [5.74, 6) is -4.38. The summed E-state index contributed by atoms with van der Waals surface area (Å²) in [5.41, 5.74) is 1.72. The second kappa shape index (κ2) is 8.20. The number of hydrogen-bond donors (Lipinski definition) is 1. The van der Waals surface area contributed by atoms with Crippen LogP contribution < -0.4 is 9.64 Å². The van der Waals surface area contributed by atoms with Crippen LogP contribution in [0.2, 0.25) is 0 Å². The molecule has 4 heterocycles. The van der Waals surface area contributed by atoms with E-state index >= 15 is 0 Å². The van der Waals surface area contributed by atoms with Crippen LogP contribution in [0, 0.1) is 28.6 Å². The Balaban J connectivity index is 1.33. The number of alkyl halides is 2. The fraction of sp³-hybridized carbons (Fsp3) is 0.476. The minimum absolute atomic E-state index is 0.0472. The summed E-state index contributed by atoms with van der Waals surface area (Å²) in [5, 5.41) is 26.9. The number of anilines is 1. The van der Waals surface area contributed by atoms with Crippen molar-refractivity contribution < 1.29 is 13.5 Å². The predicted molar refractivity (Wildman–Crippen MR) is 110 cm³/mol. The first-order valence-corrected chi connectivity index (χ1v) is 10.6. The number of halogens is 2. The smallest absolute Gasteiger partial charge is 0.321 e. The molecule has 1 aliphatic heterocycles. The van der Waals surface area contributed by atoms with Gasteiger partial charge in [0.1, 0.15) is 6.61 Å². The van der Waals surface area contributed by atoms with Gasteiger partial charge in [-0.2, -0.15) is 30.6 Å². The predicted octanol–water partition coefficient (Wildman–Crippen LogP) is 2.69. The number of nitriles is 2. The Morgan fingerprint density at radius 1 is 1.21 bits per heavy atom. The molecule has 1 saturated heterocycles. The van der Waals surface area contributed by atoms with Crippen LogP contribution in [0.15, 0.2) is 18.3 Å². The topological polar surface area (TPSA) is 140 Å². The van der Waals surface area contributed by atoms with Gasteiger partial charge in [-0.1, -0.05) is 0 Å². The summed E-state index contributed by atoms with van der Waals surface area (Å²) < 4.78 is 31.8. The average molecular weight is 451 g/mol. The molecule has 33 heavy (non-hydrogen) atoms. The summed E-state index contributed by atoms with van der Waals surface area (Å²) in [6.45, 7) is 0.974. The first kappa shape index (κ1) is 20.9. The molecular weight excluding hydrogens is 432 g/mol. The Kier molecular flexibility index (Phi) is 5.21. The van der Waals surface area contributed by atoms with E-state index in [1.807, 2.05) is 29.2 Å². The summed E-state index contributed by atoms with van der Waals surface area (Å²) >= 11 is 0. The SMILES string of the molecule is N#CC(C#N)c1nc(OC[C@H]2CC2(F)F)nc(N2CCC(c3n[nH]c4ncccc34)CC2)n1. The highest BCUT2D eigenvalue weighted by molar-refractivity contribution is 5.77. The van der Waals surface area contributed by atoms with Gasteiger partial charge in [0.05, 0.1) is 23.8 Å². The second-order valence-corrected chi connectivity index (χ2v) is 8.21. The minimum atomic E-state index is -2.73. The van der Waals surface area contributed by atoms with Gasteiger partial charge < -0.3 is 9.64 Å². The Morgan fingerprint density at radius 3 is 2.67 bits per heavy atom. The van der Waals surface area contributed by atoms with Crippen LogP contribution in [0.3, 0.4) is 0 Å². The van der Waals surface area contributed by atoms with Gasteiger partial charge in [0.15, 0.2) is 17.4 Å². The number of piperidine rings is 1. The van der Waals surface area contributed by atoms with Crippen LogP contribution in [0.1, 0.15) is 42.6 Å². The standard InChI is InChI=1S/C21H19F2N9O/c22-21(23)8-14(21)11-33-20-28-17(13(9-24)10-25)27-19(29-20)32-6-3-12(4-7-32)16-15-2-1-5-26-18(15)31-30-16/h1-2,5,12-14H,3-4,6-8,11H2,(H,26,30,31)/t14-/m1/s1. The molecule has 2 aliphatic rings. The van der Waals surface area contributed by atoms with Crippen LogP contribution >= 0.6 is 0 Å². The number of aromatic amines is 1. The van der Waals surface area contributed by atoms with E-state index in [1.54, 1.807) is 6.20 Å². The lowest BCUT2D eigenvalue weighted by Gasteiger charge is -2.31. The van der Waals surface area contributed by atoms with Gasteiger partial charge in [-0.05, 0) is 25.0 Å². The molecule has 1 saturated carbocycles. The van der Waals surface area contributed by atoms with E-state index in [4.69, 9.17) is 4.74 Å². The second-order valence-electron chi connectivity index (χ2n) is 8.21. The summed E-state index contributed by atoms with van der Waals surface area (Å²) in [7, 11) is 0. The molecule has 0 amide bonds. The van der Waals surface area contributed by atoms with Gasteiger partial charge in [-0.3, -0.25) is 5.10 Å². The molecule has 0 radical (unpaired) electrons. The van der Waals surface area contributed by atoms with Gasteiger partial charge in [-0.15, -0.1) is 0 Å². The van der Waals surface area contributed by atoms with Crippen LogP contribution in [0.25, 0.3) is 11.0 Å². The zero-order chi connectivity index (χ0) is 23.0. The molecule has 0 bridgehead atoms. The monoisotopic (exact) mass is 451 g/mol. The van der Waals surface area contributed by atoms with Crippen molar-refractivity contribution in [3.8, 4) is 18.1 Å². The minimum Gasteiger partial charge on any atom is -0.463 e. The molecule has 3 aromatic rings. The van der Waals surface area contributed by atoms with Crippen LogP contribution in [-0.4, -0.2) is 55.8 Å². The van der Waals surface area contributed by atoms with E-state index in [1.165, 1.54) is 0 Å². The highest BCUT2D eigenvalue weighted by atomic mass is 19.3. The normalized spacial score (nSPS) is 19.9. The van der Waals surface area contributed by atoms with E-state index in [0.717, 1.165) is 29.6 Å². The Hall–Kier alpha value is -3.93. The number of ether oxygens (including phenoxy) is 1. The van der Waals surface area contributed by atoms with Crippen LogP contribution in [-0.2, 0) is 0 Å². The van der Waals surface area contributed by atoms with Gasteiger partial charge in [0.25, 0.3) is 5.92 Å². The van der Waals surface area contributed by atoms with E-state index in [-0.39, 0.29) is 36.7 Å². The van der Waals surface area contributed by atoms with Gasteiger partial charge in [-0.25, -0.2) is 13.8 Å². The van der Waals surface area contributed by atoms with Crippen molar-refractivity contribution in [3.63, 3.8) is 0 Å². The molecule has 0 aromatic carbocycles. The molecule has 1 aliphatic carbocycles. The highest BCUT2D eigenvalue weighted by Gasteiger charge is 2.57. The highest BCUT2D eigenvalue weighted by Crippen LogP contribution is 2.48. The zero-order valence-corrected chi connectivity index (χ0v) is 17.4. The molecular formula is C21H19F2N9O.